The SMILES string of the molecule is CCCCCCCCCCCCCCCCCCCCCCCCC/C=C/C(O)C(CO)NC(=O)CC(O)CCCCCCCCCCC. The fourth-order valence-electron chi connectivity index (χ4n) is 6.93. The molecule has 0 aliphatic carbocycles. The third-order valence-electron chi connectivity index (χ3n) is 10.3. The van der Waals surface area contributed by atoms with Gasteiger partial charge in [0, 0.05) is 0 Å². The number of aliphatic hydroxyl groups is 3. The summed E-state index contributed by atoms with van der Waals surface area (Å²) in [5, 5.41) is 33.1. The molecular weight excluding hydrogens is 606 g/mol. The molecule has 5 heteroatoms. The molecule has 0 aromatic rings. The number of carbonyl (C=O) groups excluding carboxylic acids is 1. The predicted octanol–water partition coefficient (Wildman–Crippen LogP) is 12.4. The zero-order valence-corrected chi connectivity index (χ0v) is 33.1. The normalized spacial score (nSPS) is 13.7. The molecule has 0 aliphatic rings. The summed E-state index contributed by atoms with van der Waals surface area (Å²) < 4.78 is 0. The molecule has 0 aromatic carbocycles. The number of carbonyl (C=O) groups is 1. The minimum atomic E-state index is -0.923. The van der Waals surface area contributed by atoms with Crippen molar-refractivity contribution in [3.8, 4) is 0 Å². The number of unbranched alkanes of at least 4 members (excludes halogenated alkanes) is 31. The molecule has 3 unspecified atom stereocenters. The summed E-state index contributed by atoms with van der Waals surface area (Å²) >= 11 is 0. The molecule has 0 radical (unpaired) electrons. The lowest BCUT2D eigenvalue weighted by atomic mass is 10.0. The number of rotatable bonds is 40. The smallest absolute Gasteiger partial charge is 0.222 e. The number of nitrogens with one attached hydrogen (secondary N) is 1. The number of hydrogen-bond donors (Lipinski definition) is 4. The molecule has 0 rings (SSSR count). The Morgan fingerprint density at radius 3 is 1.18 bits per heavy atom. The number of aliphatic hydroxyl groups excluding tert-OH is 3. The Labute approximate surface area is 306 Å². The minimum Gasteiger partial charge on any atom is -0.394 e. The molecule has 3 atom stereocenters. The summed E-state index contributed by atoms with van der Waals surface area (Å²) in [7, 11) is 0. The highest BCUT2D eigenvalue weighted by Crippen LogP contribution is 2.16. The van der Waals surface area contributed by atoms with Crippen molar-refractivity contribution < 1.29 is 20.1 Å². The Morgan fingerprint density at radius 1 is 0.510 bits per heavy atom. The van der Waals surface area contributed by atoms with Crippen LogP contribution in [0.4, 0.5) is 0 Å². The van der Waals surface area contributed by atoms with Gasteiger partial charge in [0.05, 0.1) is 31.3 Å². The minimum absolute atomic E-state index is 0.0173. The largest absolute Gasteiger partial charge is 0.394 e. The van der Waals surface area contributed by atoms with Gasteiger partial charge in [-0.05, 0) is 19.3 Å². The van der Waals surface area contributed by atoms with E-state index in [0.717, 1.165) is 25.7 Å². The first-order valence-electron chi connectivity index (χ1n) is 22.0. The van der Waals surface area contributed by atoms with Gasteiger partial charge in [-0.15, -0.1) is 0 Å². The third kappa shape index (κ3) is 36.7. The van der Waals surface area contributed by atoms with Crippen LogP contribution in [0.3, 0.4) is 0 Å². The number of allylic oxidation sites excluding steroid dienone is 1. The standard InChI is InChI=1S/C44H87NO4/c1-3-5-7-9-11-13-14-15-16-17-18-19-20-21-22-23-24-25-26-27-28-30-32-34-36-38-43(48)42(40-46)45-44(49)39-41(47)37-35-33-31-29-12-10-8-6-4-2/h36,38,41-43,46-48H,3-35,37,39-40H2,1-2H3,(H,45,49)/b38-36+. The Hall–Kier alpha value is -0.910. The van der Waals surface area contributed by atoms with E-state index >= 15 is 0 Å². The van der Waals surface area contributed by atoms with E-state index in [-0.39, 0.29) is 18.9 Å². The van der Waals surface area contributed by atoms with Crippen LogP contribution in [0, 0.1) is 0 Å². The van der Waals surface area contributed by atoms with Gasteiger partial charge < -0.3 is 20.6 Å². The van der Waals surface area contributed by atoms with Gasteiger partial charge in [-0.25, -0.2) is 0 Å². The average molecular weight is 694 g/mol. The molecule has 0 aliphatic heterocycles. The van der Waals surface area contributed by atoms with Crippen molar-refractivity contribution in [2.24, 2.45) is 0 Å². The molecule has 292 valence electrons. The summed E-state index contributed by atoms with van der Waals surface area (Å²) in [6, 6.07) is -0.738. The van der Waals surface area contributed by atoms with Crippen LogP contribution in [-0.2, 0) is 4.79 Å². The molecule has 0 saturated heterocycles. The summed E-state index contributed by atoms with van der Waals surface area (Å²) in [5.41, 5.74) is 0. The van der Waals surface area contributed by atoms with Crippen molar-refractivity contribution in [2.75, 3.05) is 6.61 Å². The fraction of sp³-hybridized carbons (Fsp3) is 0.932. The maximum absolute atomic E-state index is 12.4. The Balaban J connectivity index is 3.56. The van der Waals surface area contributed by atoms with Crippen molar-refractivity contribution in [1.29, 1.82) is 0 Å². The Morgan fingerprint density at radius 2 is 0.837 bits per heavy atom. The van der Waals surface area contributed by atoms with Gasteiger partial charge in [0.2, 0.25) is 5.91 Å². The van der Waals surface area contributed by atoms with Gasteiger partial charge in [-0.3, -0.25) is 4.79 Å². The molecule has 0 fully saturated rings. The summed E-state index contributed by atoms with van der Waals surface area (Å²) in [6.45, 7) is 4.20. The summed E-state index contributed by atoms with van der Waals surface area (Å²) in [5.74, 6) is -0.315. The van der Waals surface area contributed by atoms with Crippen LogP contribution >= 0.6 is 0 Å². The average Bonchev–Trinajstić information content (AvgIpc) is 3.09. The first kappa shape index (κ1) is 48.1. The van der Waals surface area contributed by atoms with E-state index in [9.17, 15) is 20.1 Å². The van der Waals surface area contributed by atoms with Gasteiger partial charge in [0.1, 0.15) is 0 Å². The highest BCUT2D eigenvalue weighted by atomic mass is 16.3. The first-order valence-corrected chi connectivity index (χ1v) is 22.0. The van der Waals surface area contributed by atoms with Gasteiger partial charge in [-0.1, -0.05) is 225 Å². The van der Waals surface area contributed by atoms with E-state index in [4.69, 9.17) is 0 Å². The topological polar surface area (TPSA) is 89.8 Å². The van der Waals surface area contributed by atoms with E-state index in [1.807, 2.05) is 6.08 Å². The maximum atomic E-state index is 12.4. The highest BCUT2D eigenvalue weighted by molar-refractivity contribution is 5.76. The third-order valence-corrected chi connectivity index (χ3v) is 10.3. The second-order valence-corrected chi connectivity index (χ2v) is 15.3. The van der Waals surface area contributed by atoms with Crippen LogP contribution in [0.1, 0.15) is 239 Å². The van der Waals surface area contributed by atoms with Crippen molar-refractivity contribution in [3.63, 3.8) is 0 Å². The van der Waals surface area contributed by atoms with Crippen molar-refractivity contribution in [1.82, 2.24) is 5.32 Å². The monoisotopic (exact) mass is 694 g/mol. The van der Waals surface area contributed by atoms with Gasteiger partial charge >= 0.3 is 0 Å². The molecule has 0 bridgehead atoms. The molecule has 0 aromatic heterocycles. The molecule has 49 heavy (non-hydrogen) atoms. The van der Waals surface area contributed by atoms with E-state index in [0.29, 0.717) is 6.42 Å². The predicted molar refractivity (Wildman–Crippen MR) is 213 cm³/mol. The van der Waals surface area contributed by atoms with E-state index < -0.39 is 18.2 Å². The van der Waals surface area contributed by atoms with Crippen LogP contribution in [0.15, 0.2) is 12.2 Å². The zero-order valence-electron chi connectivity index (χ0n) is 33.1. The lowest BCUT2D eigenvalue weighted by Gasteiger charge is -2.21. The summed E-state index contributed by atoms with van der Waals surface area (Å²) in [4.78, 5) is 12.4. The lowest BCUT2D eigenvalue weighted by Crippen LogP contribution is -2.45. The van der Waals surface area contributed by atoms with E-state index in [1.165, 1.54) is 186 Å². The molecule has 4 N–H and O–H groups in total. The van der Waals surface area contributed by atoms with Crippen molar-refractivity contribution in [3.05, 3.63) is 12.2 Å². The molecule has 0 saturated carbocycles. The van der Waals surface area contributed by atoms with Crippen LogP contribution < -0.4 is 5.32 Å². The van der Waals surface area contributed by atoms with E-state index in [1.54, 1.807) is 6.08 Å². The summed E-state index contributed by atoms with van der Waals surface area (Å²) in [6.07, 6.45) is 46.6. The molecule has 0 heterocycles. The van der Waals surface area contributed by atoms with Crippen LogP contribution in [0.2, 0.25) is 0 Å². The second-order valence-electron chi connectivity index (χ2n) is 15.3. The first-order chi connectivity index (χ1) is 24.0. The highest BCUT2D eigenvalue weighted by Gasteiger charge is 2.20. The number of amides is 1. The Kier molecular flexibility index (Phi) is 39.1. The molecule has 0 spiro atoms. The van der Waals surface area contributed by atoms with Crippen LogP contribution in [0.5, 0.6) is 0 Å². The van der Waals surface area contributed by atoms with Crippen molar-refractivity contribution >= 4 is 5.91 Å². The lowest BCUT2D eigenvalue weighted by molar-refractivity contribution is -0.124. The van der Waals surface area contributed by atoms with Gasteiger partial charge in [0.25, 0.3) is 0 Å². The maximum Gasteiger partial charge on any atom is 0.222 e. The quantitative estimate of drug-likeness (QED) is 0.0380. The molecule has 1 amide bonds. The Bertz CT molecular complexity index is 684. The fourth-order valence-corrected chi connectivity index (χ4v) is 6.93. The van der Waals surface area contributed by atoms with Crippen molar-refractivity contribution in [2.45, 2.75) is 257 Å². The van der Waals surface area contributed by atoms with Gasteiger partial charge in [-0.2, -0.15) is 0 Å². The van der Waals surface area contributed by atoms with E-state index in [2.05, 4.69) is 19.2 Å². The second kappa shape index (κ2) is 39.9. The van der Waals surface area contributed by atoms with Gasteiger partial charge in [0.15, 0.2) is 0 Å². The molecule has 5 nitrogen and oxygen atoms in total. The molecular formula is C44H87NO4. The van der Waals surface area contributed by atoms with Crippen LogP contribution in [0.25, 0.3) is 0 Å². The zero-order chi connectivity index (χ0) is 35.9. The number of hydrogen-bond acceptors (Lipinski definition) is 4. The van der Waals surface area contributed by atoms with Crippen LogP contribution in [-0.4, -0.2) is 46.1 Å².